The van der Waals surface area contributed by atoms with Crippen molar-refractivity contribution in [2.45, 2.75) is 51.5 Å². The van der Waals surface area contributed by atoms with Crippen LogP contribution in [-0.2, 0) is 11.2 Å². The number of carbonyl (C=O) groups is 1. The van der Waals surface area contributed by atoms with E-state index in [1.54, 1.807) is 6.20 Å². The van der Waals surface area contributed by atoms with Crippen LogP contribution < -0.4 is 11.1 Å². The summed E-state index contributed by atoms with van der Waals surface area (Å²) < 4.78 is 5.36. The number of hydrogen-bond donors (Lipinski definition) is 2. The van der Waals surface area contributed by atoms with Crippen molar-refractivity contribution in [3.8, 4) is 0 Å². The monoisotopic (exact) mass is 304 g/mol. The number of rotatable bonds is 5. The van der Waals surface area contributed by atoms with Crippen molar-refractivity contribution in [3.05, 3.63) is 17.5 Å². The first kappa shape index (κ1) is 15.2. The van der Waals surface area contributed by atoms with Gasteiger partial charge in [0.2, 0.25) is 5.95 Å². The van der Waals surface area contributed by atoms with Crippen molar-refractivity contribution in [2.75, 3.05) is 18.5 Å². The molecule has 2 aliphatic rings. The summed E-state index contributed by atoms with van der Waals surface area (Å²) in [6, 6.07) is 0.334. The van der Waals surface area contributed by atoms with Crippen LogP contribution in [0.25, 0.3) is 0 Å². The van der Waals surface area contributed by atoms with Crippen molar-refractivity contribution in [1.82, 2.24) is 9.97 Å². The highest BCUT2D eigenvalue weighted by Crippen LogP contribution is 2.43. The molecule has 2 fully saturated rings. The van der Waals surface area contributed by atoms with Crippen LogP contribution in [0, 0.1) is 5.41 Å². The Morgan fingerprint density at radius 2 is 2.18 bits per heavy atom. The molecule has 120 valence electrons. The Morgan fingerprint density at radius 1 is 1.45 bits per heavy atom. The molecule has 1 saturated heterocycles. The summed E-state index contributed by atoms with van der Waals surface area (Å²) in [7, 11) is 0. The molecule has 6 nitrogen and oxygen atoms in total. The molecule has 6 heteroatoms. The number of hydrogen-bond acceptors (Lipinski definition) is 5. The average molecular weight is 304 g/mol. The molecule has 1 aromatic heterocycles. The maximum Gasteiger partial charge on any atom is 0.252 e. The van der Waals surface area contributed by atoms with Gasteiger partial charge in [-0.2, -0.15) is 0 Å². The zero-order valence-electron chi connectivity index (χ0n) is 13.1. The average Bonchev–Trinajstić information content (AvgIpc) is 2.46. The van der Waals surface area contributed by atoms with Gasteiger partial charge in [-0.1, -0.05) is 13.3 Å². The number of anilines is 1. The highest BCUT2D eigenvalue weighted by atomic mass is 16.5. The largest absolute Gasteiger partial charge is 0.381 e. The smallest absolute Gasteiger partial charge is 0.252 e. The molecule has 1 saturated carbocycles. The van der Waals surface area contributed by atoms with E-state index < -0.39 is 5.91 Å². The lowest BCUT2D eigenvalue weighted by molar-refractivity contribution is 0.0903. The lowest BCUT2D eigenvalue weighted by Crippen LogP contribution is -2.31. The number of nitrogens with two attached hydrogens (primary N) is 1. The fraction of sp³-hybridized carbons (Fsp3) is 0.688. The maximum absolute atomic E-state index is 11.6. The molecule has 3 N–H and O–H groups in total. The van der Waals surface area contributed by atoms with E-state index in [0.717, 1.165) is 38.2 Å². The second-order valence-electron chi connectivity index (χ2n) is 6.79. The van der Waals surface area contributed by atoms with Crippen LogP contribution in [0.4, 0.5) is 5.95 Å². The predicted octanol–water partition coefficient (Wildman–Crippen LogP) is 1.90. The van der Waals surface area contributed by atoms with Crippen LogP contribution in [0.5, 0.6) is 0 Å². The molecule has 1 amide bonds. The number of primary amides is 1. The van der Waals surface area contributed by atoms with Gasteiger partial charge in [-0.3, -0.25) is 4.79 Å². The molecule has 0 atom stereocenters. The minimum atomic E-state index is -0.449. The van der Waals surface area contributed by atoms with E-state index in [1.165, 1.54) is 19.3 Å². The summed E-state index contributed by atoms with van der Waals surface area (Å²) in [4.78, 5) is 20.5. The van der Waals surface area contributed by atoms with Crippen LogP contribution in [0.1, 0.15) is 55.1 Å². The first-order chi connectivity index (χ1) is 10.6. The number of nitrogens with zero attached hydrogens (tertiary/aromatic N) is 2. The van der Waals surface area contributed by atoms with Gasteiger partial charge in [0.15, 0.2) is 0 Å². The molecule has 0 bridgehead atoms. The van der Waals surface area contributed by atoms with Gasteiger partial charge in [0.25, 0.3) is 5.91 Å². The van der Waals surface area contributed by atoms with E-state index in [0.29, 0.717) is 17.6 Å². The lowest BCUT2D eigenvalue weighted by Gasteiger charge is -2.38. The SMILES string of the molecule is CC1(Cc2nc(NC3CCOCC3)ncc2C(N)=O)CCC1. The third kappa shape index (κ3) is 3.38. The van der Waals surface area contributed by atoms with E-state index >= 15 is 0 Å². The topological polar surface area (TPSA) is 90.1 Å². The Labute approximate surface area is 130 Å². The normalized spacial score (nSPS) is 21.1. The van der Waals surface area contributed by atoms with Crippen LogP contribution in [0.2, 0.25) is 0 Å². The molecule has 0 unspecified atom stereocenters. The third-order valence-electron chi connectivity index (χ3n) is 4.84. The van der Waals surface area contributed by atoms with E-state index in [1.807, 2.05) is 0 Å². The van der Waals surface area contributed by atoms with E-state index in [2.05, 4.69) is 22.2 Å². The summed E-state index contributed by atoms with van der Waals surface area (Å²) in [5, 5.41) is 3.35. The van der Waals surface area contributed by atoms with Gasteiger partial charge in [-0.25, -0.2) is 9.97 Å². The zero-order chi connectivity index (χ0) is 15.6. The summed E-state index contributed by atoms with van der Waals surface area (Å²) in [5.41, 5.74) is 6.94. The quantitative estimate of drug-likeness (QED) is 0.867. The Kier molecular flexibility index (Phi) is 4.29. The fourth-order valence-corrected chi connectivity index (χ4v) is 3.21. The van der Waals surface area contributed by atoms with Crippen LogP contribution >= 0.6 is 0 Å². The molecule has 2 heterocycles. The number of carbonyl (C=O) groups excluding carboxylic acids is 1. The summed E-state index contributed by atoms with van der Waals surface area (Å²) in [6.45, 7) is 3.78. The highest BCUT2D eigenvalue weighted by Gasteiger charge is 2.33. The van der Waals surface area contributed by atoms with Crippen LogP contribution in [0.15, 0.2) is 6.20 Å². The van der Waals surface area contributed by atoms with Gasteiger partial charge < -0.3 is 15.8 Å². The molecule has 0 radical (unpaired) electrons. The zero-order valence-corrected chi connectivity index (χ0v) is 13.1. The molecular weight excluding hydrogens is 280 g/mol. The van der Waals surface area contributed by atoms with Crippen LogP contribution in [-0.4, -0.2) is 35.1 Å². The number of aromatic nitrogens is 2. The Morgan fingerprint density at radius 3 is 2.77 bits per heavy atom. The van der Waals surface area contributed by atoms with Gasteiger partial charge in [-0.15, -0.1) is 0 Å². The lowest BCUT2D eigenvalue weighted by atomic mass is 9.67. The Balaban J connectivity index is 1.78. The molecule has 3 rings (SSSR count). The van der Waals surface area contributed by atoms with E-state index in [-0.39, 0.29) is 5.41 Å². The first-order valence-corrected chi connectivity index (χ1v) is 8.06. The number of ether oxygens (including phenoxy) is 1. The Bertz CT molecular complexity index is 551. The minimum Gasteiger partial charge on any atom is -0.381 e. The molecule has 1 aliphatic carbocycles. The van der Waals surface area contributed by atoms with E-state index in [9.17, 15) is 4.79 Å². The van der Waals surface area contributed by atoms with Crippen molar-refractivity contribution < 1.29 is 9.53 Å². The highest BCUT2D eigenvalue weighted by molar-refractivity contribution is 5.93. The van der Waals surface area contributed by atoms with Gasteiger partial charge >= 0.3 is 0 Å². The van der Waals surface area contributed by atoms with Gasteiger partial charge in [0.05, 0.1) is 11.3 Å². The van der Waals surface area contributed by atoms with Crippen molar-refractivity contribution in [2.24, 2.45) is 11.1 Å². The second kappa shape index (κ2) is 6.20. The van der Waals surface area contributed by atoms with Crippen molar-refractivity contribution in [1.29, 1.82) is 0 Å². The molecule has 0 aromatic carbocycles. The molecule has 1 aliphatic heterocycles. The summed E-state index contributed by atoms with van der Waals surface area (Å²) in [6.07, 6.45) is 7.86. The van der Waals surface area contributed by atoms with Crippen LogP contribution in [0.3, 0.4) is 0 Å². The third-order valence-corrected chi connectivity index (χ3v) is 4.84. The second-order valence-corrected chi connectivity index (χ2v) is 6.79. The predicted molar refractivity (Wildman–Crippen MR) is 83.7 cm³/mol. The number of nitrogens with one attached hydrogen (secondary N) is 1. The van der Waals surface area contributed by atoms with Gasteiger partial charge in [-0.05, 0) is 37.5 Å². The fourth-order valence-electron chi connectivity index (χ4n) is 3.21. The van der Waals surface area contributed by atoms with Gasteiger partial charge in [0.1, 0.15) is 0 Å². The molecular formula is C16H24N4O2. The summed E-state index contributed by atoms with van der Waals surface area (Å²) in [5.74, 6) is 0.144. The van der Waals surface area contributed by atoms with E-state index in [4.69, 9.17) is 10.5 Å². The maximum atomic E-state index is 11.6. The summed E-state index contributed by atoms with van der Waals surface area (Å²) >= 11 is 0. The van der Waals surface area contributed by atoms with Crippen molar-refractivity contribution >= 4 is 11.9 Å². The molecule has 0 spiro atoms. The van der Waals surface area contributed by atoms with Crippen molar-refractivity contribution in [3.63, 3.8) is 0 Å². The molecule has 22 heavy (non-hydrogen) atoms. The first-order valence-electron chi connectivity index (χ1n) is 8.06. The minimum absolute atomic E-state index is 0.245. The Hall–Kier alpha value is -1.69. The molecule has 1 aromatic rings. The number of amides is 1. The van der Waals surface area contributed by atoms with Gasteiger partial charge in [0, 0.05) is 25.5 Å². The standard InChI is InChI=1S/C16H24N4O2/c1-16(5-2-6-16)9-13-12(14(17)21)10-18-15(20-13)19-11-3-7-22-8-4-11/h10-11H,2-9H2,1H3,(H2,17,21)(H,18,19,20).